The molecule has 0 bridgehead atoms. The molecule has 4 nitrogen and oxygen atoms in total. The average Bonchev–Trinajstić information content (AvgIpc) is 2.98. The topological polar surface area (TPSA) is 59.3 Å². The summed E-state index contributed by atoms with van der Waals surface area (Å²) in [6.45, 7) is 0.314. The third-order valence-electron chi connectivity index (χ3n) is 3.79. The molecule has 1 aliphatic rings. The molecule has 20 heavy (non-hydrogen) atoms. The van der Waals surface area contributed by atoms with Crippen molar-refractivity contribution in [3.05, 3.63) is 59.9 Å². The number of benzene rings is 1. The van der Waals surface area contributed by atoms with Crippen molar-refractivity contribution in [2.24, 2.45) is 0 Å². The second kappa shape index (κ2) is 4.49. The Bertz CT molecular complexity index is 679. The number of hydrogen-bond acceptors (Lipinski definition) is 2. The Kier molecular flexibility index (Phi) is 2.91. The van der Waals surface area contributed by atoms with Gasteiger partial charge in [0, 0.05) is 24.0 Å². The zero-order chi connectivity index (χ0) is 14.3. The van der Waals surface area contributed by atoms with E-state index in [0.29, 0.717) is 17.8 Å². The summed E-state index contributed by atoms with van der Waals surface area (Å²) in [6.07, 6.45) is 1.74. The molecule has 5 heteroatoms. The minimum atomic E-state index is -1.72. The summed E-state index contributed by atoms with van der Waals surface area (Å²) in [5, 5.41) is 8.91. The van der Waals surface area contributed by atoms with E-state index < -0.39 is 22.5 Å². The lowest BCUT2D eigenvalue weighted by atomic mass is 9.76. The predicted molar refractivity (Wildman–Crippen MR) is 74.2 cm³/mol. The number of nitrogens with zero attached hydrogens (tertiary/aromatic N) is 1. The van der Waals surface area contributed by atoms with Crippen molar-refractivity contribution >= 4 is 23.4 Å². The fourth-order valence-corrected chi connectivity index (χ4v) is 3.27. The largest absolute Gasteiger partial charge is 0.480 e. The van der Waals surface area contributed by atoms with Gasteiger partial charge in [-0.05, 0) is 12.1 Å². The lowest BCUT2D eigenvalue weighted by Gasteiger charge is -2.25. The molecule has 0 amide bonds. The maximum absolute atomic E-state index is 12.8. The number of ketones is 1. The summed E-state index contributed by atoms with van der Waals surface area (Å²) in [5.74, 6) is -1.67. The Balaban J connectivity index is 2.20. The van der Waals surface area contributed by atoms with Gasteiger partial charge in [0.15, 0.2) is 11.2 Å². The van der Waals surface area contributed by atoms with E-state index in [9.17, 15) is 14.7 Å². The van der Waals surface area contributed by atoms with Crippen molar-refractivity contribution in [1.29, 1.82) is 0 Å². The number of Topliss-reactive ketones (excluding diaryl/α,β-unsaturated/α-hetero) is 1. The van der Waals surface area contributed by atoms with E-state index in [4.69, 9.17) is 11.6 Å². The van der Waals surface area contributed by atoms with Gasteiger partial charge in [0.2, 0.25) is 0 Å². The molecule has 1 aromatic carbocycles. The smallest absolute Gasteiger partial charge is 0.325 e. The van der Waals surface area contributed by atoms with Crippen LogP contribution in [0.3, 0.4) is 0 Å². The number of carboxylic acid groups (broad SMARTS) is 1. The number of carbonyl (C=O) groups excluding carboxylic acids is 1. The number of alkyl halides is 1. The van der Waals surface area contributed by atoms with Gasteiger partial charge in [-0.2, -0.15) is 0 Å². The van der Waals surface area contributed by atoms with Crippen LogP contribution >= 0.6 is 11.6 Å². The van der Waals surface area contributed by atoms with Gasteiger partial charge in [0.25, 0.3) is 0 Å². The highest BCUT2D eigenvalue weighted by molar-refractivity contribution is 6.30. The number of fused-ring (bicyclic) bond motifs is 1. The molecule has 0 aliphatic carbocycles. The van der Waals surface area contributed by atoms with Gasteiger partial charge >= 0.3 is 5.97 Å². The van der Waals surface area contributed by atoms with Gasteiger partial charge in [0.05, 0.1) is 5.38 Å². The van der Waals surface area contributed by atoms with Crippen LogP contribution in [0.1, 0.15) is 16.1 Å². The van der Waals surface area contributed by atoms with Crippen LogP contribution in [-0.2, 0) is 16.8 Å². The van der Waals surface area contributed by atoms with E-state index in [1.165, 1.54) is 0 Å². The minimum absolute atomic E-state index is 0.314. The van der Waals surface area contributed by atoms with Gasteiger partial charge in [0.1, 0.15) is 0 Å². The molecule has 2 heterocycles. The fraction of sp³-hybridized carbons (Fsp3) is 0.200. The second-order valence-electron chi connectivity index (χ2n) is 4.82. The van der Waals surface area contributed by atoms with E-state index in [2.05, 4.69) is 0 Å². The van der Waals surface area contributed by atoms with E-state index in [1.54, 1.807) is 53.2 Å². The lowest BCUT2D eigenvalue weighted by molar-refractivity contribution is -0.141. The number of carboxylic acids is 1. The Morgan fingerprint density at radius 3 is 2.55 bits per heavy atom. The molecule has 2 aromatic rings. The molecule has 2 atom stereocenters. The summed E-state index contributed by atoms with van der Waals surface area (Å²) in [5.41, 5.74) is -0.916. The molecular weight excluding hydrogens is 278 g/mol. The lowest BCUT2D eigenvalue weighted by Crippen LogP contribution is -2.48. The van der Waals surface area contributed by atoms with Gasteiger partial charge in [-0.1, -0.05) is 30.3 Å². The maximum atomic E-state index is 12.8. The highest BCUT2D eigenvalue weighted by Crippen LogP contribution is 2.41. The number of aliphatic carboxylic acids is 1. The minimum Gasteiger partial charge on any atom is -0.480 e. The molecule has 0 saturated carbocycles. The van der Waals surface area contributed by atoms with E-state index >= 15 is 0 Å². The summed E-state index contributed by atoms with van der Waals surface area (Å²) in [6, 6.07) is 11.8. The number of hydrogen-bond donors (Lipinski definition) is 1. The van der Waals surface area contributed by atoms with Crippen LogP contribution in [-0.4, -0.2) is 26.8 Å². The molecule has 3 rings (SSSR count). The standard InChI is InChI=1S/C15H12ClNO3/c16-11-9-17-8-4-7-12(17)15(11,14(19)20)13(18)10-5-2-1-3-6-10/h1-8,11H,9H2,(H,19,20). The molecule has 0 radical (unpaired) electrons. The summed E-state index contributed by atoms with van der Waals surface area (Å²) < 4.78 is 1.73. The van der Waals surface area contributed by atoms with Crippen LogP contribution in [0.25, 0.3) is 0 Å². The average molecular weight is 290 g/mol. The quantitative estimate of drug-likeness (QED) is 0.536. The first-order valence-electron chi connectivity index (χ1n) is 6.21. The second-order valence-corrected chi connectivity index (χ2v) is 5.35. The fourth-order valence-electron chi connectivity index (χ4n) is 2.82. The van der Waals surface area contributed by atoms with Crippen LogP contribution in [0, 0.1) is 0 Å². The molecule has 1 aromatic heterocycles. The predicted octanol–water partition coefficient (Wildman–Crippen LogP) is 2.31. The number of carbonyl (C=O) groups is 2. The highest BCUT2D eigenvalue weighted by atomic mass is 35.5. The Morgan fingerprint density at radius 1 is 1.20 bits per heavy atom. The summed E-state index contributed by atoms with van der Waals surface area (Å²) >= 11 is 6.26. The van der Waals surface area contributed by atoms with Gasteiger partial charge in [-0.25, -0.2) is 0 Å². The maximum Gasteiger partial charge on any atom is 0.325 e. The summed E-state index contributed by atoms with van der Waals surface area (Å²) in [7, 11) is 0. The monoisotopic (exact) mass is 289 g/mol. The van der Waals surface area contributed by atoms with Crippen molar-refractivity contribution in [3.63, 3.8) is 0 Å². The molecule has 0 fully saturated rings. The van der Waals surface area contributed by atoms with Crippen molar-refractivity contribution < 1.29 is 14.7 Å². The van der Waals surface area contributed by atoms with Crippen LogP contribution in [0.2, 0.25) is 0 Å². The normalized spacial score (nSPS) is 24.4. The molecule has 0 spiro atoms. The Morgan fingerprint density at radius 2 is 1.90 bits per heavy atom. The van der Waals surface area contributed by atoms with Crippen LogP contribution in [0.4, 0.5) is 0 Å². The Hall–Kier alpha value is -2.07. The van der Waals surface area contributed by atoms with Crippen molar-refractivity contribution in [1.82, 2.24) is 4.57 Å². The molecule has 1 aliphatic heterocycles. The zero-order valence-electron chi connectivity index (χ0n) is 10.5. The van der Waals surface area contributed by atoms with Crippen LogP contribution < -0.4 is 0 Å². The van der Waals surface area contributed by atoms with E-state index in [-0.39, 0.29) is 0 Å². The first kappa shape index (κ1) is 12.9. The number of halogens is 1. The van der Waals surface area contributed by atoms with Crippen molar-refractivity contribution in [3.8, 4) is 0 Å². The first-order chi connectivity index (χ1) is 9.58. The van der Waals surface area contributed by atoms with E-state index in [0.717, 1.165) is 0 Å². The third kappa shape index (κ3) is 1.55. The van der Waals surface area contributed by atoms with Gasteiger partial charge in [-0.3, -0.25) is 9.59 Å². The molecular formula is C15H12ClNO3. The van der Waals surface area contributed by atoms with Gasteiger partial charge in [-0.15, -0.1) is 11.6 Å². The van der Waals surface area contributed by atoms with E-state index in [1.807, 2.05) is 0 Å². The first-order valence-corrected chi connectivity index (χ1v) is 6.65. The van der Waals surface area contributed by atoms with Crippen LogP contribution in [0.5, 0.6) is 0 Å². The third-order valence-corrected chi connectivity index (χ3v) is 4.26. The Labute approximate surface area is 120 Å². The molecule has 2 unspecified atom stereocenters. The zero-order valence-corrected chi connectivity index (χ0v) is 11.2. The summed E-state index contributed by atoms with van der Waals surface area (Å²) in [4.78, 5) is 24.7. The van der Waals surface area contributed by atoms with Crippen molar-refractivity contribution in [2.45, 2.75) is 17.3 Å². The molecule has 0 saturated heterocycles. The molecule has 1 N–H and O–H groups in total. The molecule has 102 valence electrons. The van der Waals surface area contributed by atoms with Crippen LogP contribution in [0.15, 0.2) is 48.7 Å². The van der Waals surface area contributed by atoms with Gasteiger partial charge < -0.3 is 9.67 Å². The highest BCUT2D eigenvalue weighted by Gasteiger charge is 2.58. The SMILES string of the molecule is O=C(O)C1(C(=O)c2ccccc2)c2cccn2CC1Cl. The number of rotatable bonds is 3. The number of aromatic nitrogens is 1. The van der Waals surface area contributed by atoms with Crippen molar-refractivity contribution in [2.75, 3.05) is 0 Å².